The fraction of sp³-hybridized carbons (Fsp3) is 0.250. The van der Waals surface area contributed by atoms with Crippen LogP contribution in [0.4, 0.5) is 15.9 Å². The third-order valence-electron chi connectivity index (χ3n) is 2.95. The molecule has 0 aliphatic heterocycles. The molecule has 0 bridgehead atoms. The van der Waals surface area contributed by atoms with E-state index in [4.69, 9.17) is 5.73 Å². The van der Waals surface area contributed by atoms with Gasteiger partial charge < -0.3 is 5.73 Å². The number of rotatable bonds is 3. The number of nitrogens with zero attached hydrogens (tertiary/aromatic N) is 3. The van der Waals surface area contributed by atoms with Crippen molar-refractivity contribution < 1.29 is 9.31 Å². The van der Waals surface area contributed by atoms with Gasteiger partial charge in [0.25, 0.3) is 0 Å². The lowest BCUT2D eigenvalue weighted by Crippen LogP contribution is -2.08. The fourth-order valence-corrected chi connectivity index (χ4v) is 1.91. The van der Waals surface area contributed by atoms with Crippen molar-refractivity contribution in [1.29, 1.82) is 0 Å². The van der Waals surface area contributed by atoms with Crippen molar-refractivity contribution in [3.05, 3.63) is 51.0 Å². The average molecular weight is 264 g/mol. The number of aromatic nitrogens is 2. The standard InChI is InChI=1S/C12H13FN4O2/c1-7-3-4-10(13)5-9(7)6-16-12(14)11(17(18)19)8(2)15-16/h3-5H,6,14H2,1-2H3. The molecule has 0 radical (unpaired) electrons. The number of anilines is 1. The Morgan fingerprint density at radius 2 is 2.16 bits per heavy atom. The van der Waals surface area contributed by atoms with Gasteiger partial charge in [-0.05, 0) is 37.1 Å². The van der Waals surface area contributed by atoms with Crippen molar-refractivity contribution >= 4 is 11.5 Å². The third kappa shape index (κ3) is 2.40. The Hall–Kier alpha value is -2.44. The molecule has 100 valence electrons. The summed E-state index contributed by atoms with van der Waals surface area (Å²) in [6.07, 6.45) is 0. The van der Waals surface area contributed by atoms with Gasteiger partial charge in [-0.25, -0.2) is 9.07 Å². The van der Waals surface area contributed by atoms with E-state index in [1.54, 1.807) is 6.07 Å². The summed E-state index contributed by atoms with van der Waals surface area (Å²) in [4.78, 5) is 10.3. The van der Waals surface area contributed by atoms with Gasteiger partial charge in [0.1, 0.15) is 11.5 Å². The van der Waals surface area contributed by atoms with Crippen LogP contribution in [0.2, 0.25) is 0 Å². The molecule has 2 aromatic rings. The predicted molar refractivity (Wildman–Crippen MR) is 68.3 cm³/mol. The summed E-state index contributed by atoms with van der Waals surface area (Å²) in [6.45, 7) is 3.54. The second kappa shape index (κ2) is 4.68. The monoisotopic (exact) mass is 264 g/mol. The first-order valence-corrected chi connectivity index (χ1v) is 5.62. The molecular formula is C12H13FN4O2. The number of nitrogen functional groups attached to an aromatic ring is 1. The van der Waals surface area contributed by atoms with Crippen LogP contribution in [0, 0.1) is 29.8 Å². The van der Waals surface area contributed by atoms with E-state index < -0.39 is 4.92 Å². The quantitative estimate of drug-likeness (QED) is 0.679. The van der Waals surface area contributed by atoms with E-state index in [-0.39, 0.29) is 29.6 Å². The molecule has 0 aliphatic carbocycles. The molecule has 0 fully saturated rings. The summed E-state index contributed by atoms with van der Waals surface area (Å²) in [7, 11) is 0. The third-order valence-corrected chi connectivity index (χ3v) is 2.95. The number of hydrogen-bond donors (Lipinski definition) is 1. The lowest BCUT2D eigenvalue weighted by molar-refractivity contribution is -0.384. The Labute approximate surface area is 108 Å². The van der Waals surface area contributed by atoms with Gasteiger partial charge in [0.05, 0.1) is 11.5 Å². The highest BCUT2D eigenvalue weighted by Crippen LogP contribution is 2.26. The summed E-state index contributed by atoms with van der Waals surface area (Å²) in [5.41, 5.74) is 7.31. The van der Waals surface area contributed by atoms with E-state index in [0.29, 0.717) is 5.56 Å². The fourth-order valence-electron chi connectivity index (χ4n) is 1.91. The van der Waals surface area contributed by atoms with E-state index in [1.165, 1.54) is 23.7 Å². The van der Waals surface area contributed by atoms with Crippen molar-refractivity contribution in [1.82, 2.24) is 9.78 Å². The first-order valence-electron chi connectivity index (χ1n) is 5.62. The second-order valence-electron chi connectivity index (χ2n) is 4.30. The van der Waals surface area contributed by atoms with Gasteiger partial charge in [0.2, 0.25) is 5.82 Å². The summed E-state index contributed by atoms with van der Waals surface area (Å²) < 4.78 is 14.5. The normalized spacial score (nSPS) is 10.7. The summed E-state index contributed by atoms with van der Waals surface area (Å²) in [6, 6.07) is 4.38. The summed E-state index contributed by atoms with van der Waals surface area (Å²) >= 11 is 0. The van der Waals surface area contributed by atoms with Crippen LogP contribution in [0.15, 0.2) is 18.2 Å². The first kappa shape index (κ1) is 13.0. The molecule has 0 unspecified atom stereocenters. The van der Waals surface area contributed by atoms with Crippen LogP contribution >= 0.6 is 0 Å². The number of benzene rings is 1. The molecule has 1 aromatic carbocycles. The van der Waals surface area contributed by atoms with Crippen molar-refractivity contribution in [2.45, 2.75) is 20.4 Å². The van der Waals surface area contributed by atoms with Crippen LogP contribution in [0.1, 0.15) is 16.8 Å². The molecule has 0 saturated carbocycles. The Morgan fingerprint density at radius 1 is 1.47 bits per heavy atom. The number of nitrogens with two attached hydrogens (primary N) is 1. The van der Waals surface area contributed by atoms with Crippen LogP contribution in [0.25, 0.3) is 0 Å². The predicted octanol–water partition coefficient (Wildman–Crippen LogP) is 2.18. The molecule has 1 aromatic heterocycles. The minimum atomic E-state index is -0.563. The van der Waals surface area contributed by atoms with Crippen molar-refractivity contribution in [3.8, 4) is 0 Å². The SMILES string of the molecule is Cc1ccc(F)cc1Cn1nc(C)c([N+](=O)[O-])c1N. The highest BCUT2D eigenvalue weighted by molar-refractivity contribution is 5.56. The largest absolute Gasteiger partial charge is 0.378 e. The molecule has 2 N–H and O–H groups in total. The highest BCUT2D eigenvalue weighted by Gasteiger charge is 2.23. The first-order chi connectivity index (χ1) is 8.90. The van der Waals surface area contributed by atoms with Gasteiger partial charge in [-0.2, -0.15) is 5.10 Å². The molecule has 1 heterocycles. The van der Waals surface area contributed by atoms with E-state index in [1.807, 2.05) is 6.92 Å². The smallest absolute Gasteiger partial charge is 0.333 e. The lowest BCUT2D eigenvalue weighted by Gasteiger charge is -2.07. The average Bonchev–Trinajstić information content (AvgIpc) is 2.59. The zero-order valence-electron chi connectivity index (χ0n) is 10.6. The van der Waals surface area contributed by atoms with E-state index in [9.17, 15) is 14.5 Å². The lowest BCUT2D eigenvalue weighted by atomic mass is 10.1. The number of hydrogen-bond acceptors (Lipinski definition) is 4. The van der Waals surface area contributed by atoms with Gasteiger partial charge in [0, 0.05) is 0 Å². The van der Waals surface area contributed by atoms with Gasteiger partial charge in [-0.15, -0.1) is 0 Å². The maximum atomic E-state index is 13.2. The number of nitro groups is 1. The van der Waals surface area contributed by atoms with Crippen LogP contribution in [-0.2, 0) is 6.54 Å². The molecular weight excluding hydrogens is 251 g/mol. The minimum absolute atomic E-state index is 0.0221. The Bertz CT molecular complexity index is 651. The Balaban J connectivity index is 2.42. The van der Waals surface area contributed by atoms with Gasteiger partial charge in [-0.1, -0.05) is 6.07 Å². The molecule has 0 atom stereocenters. The van der Waals surface area contributed by atoms with E-state index >= 15 is 0 Å². The van der Waals surface area contributed by atoms with E-state index in [0.717, 1.165) is 5.56 Å². The topological polar surface area (TPSA) is 87.0 Å². The minimum Gasteiger partial charge on any atom is -0.378 e. The molecule has 0 saturated heterocycles. The Kier molecular flexibility index (Phi) is 3.20. The maximum Gasteiger partial charge on any atom is 0.333 e. The van der Waals surface area contributed by atoms with E-state index in [2.05, 4.69) is 5.10 Å². The van der Waals surface area contributed by atoms with Crippen molar-refractivity contribution in [2.75, 3.05) is 5.73 Å². The Morgan fingerprint density at radius 3 is 2.74 bits per heavy atom. The second-order valence-corrected chi connectivity index (χ2v) is 4.30. The molecule has 6 nitrogen and oxygen atoms in total. The molecule has 2 rings (SSSR count). The van der Waals surface area contributed by atoms with Crippen LogP contribution in [0.3, 0.4) is 0 Å². The molecule has 0 amide bonds. The molecule has 7 heteroatoms. The van der Waals surface area contributed by atoms with Crippen LogP contribution < -0.4 is 5.73 Å². The van der Waals surface area contributed by atoms with Crippen molar-refractivity contribution in [2.24, 2.45) is 0 Å². The zero-order chi connectivity index (χ0) is 14.2. The highest BCUT2D eigenvalue weighted by atomic mass is 19.1. The molecule has 0 spiro atoms. The van der Waals surface area contributed by atoms with Crippen LogP contribution in [-0.4, -0.2) is 14.7 Å². The summed E-state index contributed by atoms with van der Waals surface area (Å²) in [5, 5.41) is 14.9. The molecule has 19 heavy (non-hydrogen) atoms. The van der Waals surface area contributed by atoms with Gasteiger partial charge in [0.15, 0.2) is 0 Å². The summed E-state index contributed by atoms with van der Waals surface area (Å²) in [5.74, 6) is -0.385. The maximum absolute atomic E-state index is 13.2. The van der Waals surface area contributed by atoms with Crippen LogP contribution in [0.5, 0.6) is 0 Å². The van der Waals surface area contributed by atoms with Gasteiger partial charge >= 0.3 is 5.69 Å². The molecule has 0 aliphatic rings. The number of halogens is 1. The van der Waals surface area contributed by atoms with Gasteiger partial charge in [-0.3, -0.25) is 10.1 Å². The zero-order valence-corrected chi connectivity index (χ0v) is 10.6. The number of aryl methyl sites for hydroxylation is 2. The van der Waals surface area contributed by atoms with Crippen molar-refractivity contribution in [3.63, 3.8) is 0 Å².